The minimum absolute atomic E-state index is 0.0368. The standard InChI is InChI=1S/C20H30N4O/c1-21-19(25)16-9-5-6-15(12-16)10-11-23-20(22-2)24-13-17-7-3-4-8-18(17)14-24/h5-6,9,12,17-18H,3-4,7-8,10-11,13-14H2,1-2H3,(H,21,25)(H,22,23). The Balaban J connectivity index is 1.51. The summed E-state index contributed by atoms with van der Waals surface area (Å²) in [6.45, 7) is 3.13. The Bertz CT molecular complexity index is 614. The molecule has 2 fully saturated rings. The van der Waals surface area contributed by atoms with Gasteiger partial charge in [0.1, 0.15) is 0 Å². The molecule has 3 rings (SSSR count). The largest absolute Gasteiger partial charge is 0.356 e. The number of nitrogens with zero attached hydrogens (tertiary/aromatic N) is 2. The zero-order valence-corrected chi connectivity index (χ0v) is 15.4. The van der Waals surface area contributed by atoms with Crippen molar-refractivity contribution in [2.75, 3.05) is 33.7 Å². The number of carbonyl (C=O) groups excluding carboxylic acids is 1. The van der Waals surface area contributed by atoms with E-state index < -0.39 is 0 Å². The number of hydrogen-bond acceptors (Lipinski definition) is 2. The van der Waals surface area contributed by atoms with Gasteiger partial charge in [0, 0.05) is 39.3 Å². The first-order valence-electron chi connectivity index (χ1n) is 9.48. The van der Waals surface area contributed by atoms with Crippen LogP contribution in [0.4, 0.5) is 0 Å². The summed E-state index contributed by atoms with van der Waals surface area (Å²) < 4.78 is 0. The third-order valence-electron chi connectivity index (χ3n) is 5.60. The number of benzene rings is 1. The van der Waals surface area contributed by atoms with E-state index in [1.165, 1.54) is 31.2 Å². The maximum atomic E-state index is 11.7. The first kappa shape index (κ1) is 17.8. The molecule has 2 aliphatic rings. The quantitative estimate of drug-likeness (QED) is 0.652. The van der Waals surface area contributed by atoms with Gasteiger partial charge in [-0.3, -0.25) is 9.79 Å². The lowest BCUT2D eigenvalue weighted by molar-refractivity contribution is 0.0963. The average molecular weight is 342 g/mol. The number of aliphatic imine (C=N–C) groups is 1. The van der Waals surface area contributed by atoms with Crippen LogP contribution in [0.5, 0.6) is 0 Å². The van der Waals surface area contributed by atoms with Gasteiger partial charge >= 0.3 is 0 Å². The Labute approximate surface area is 150 Å². The topological polar surface area (TPSA) is 56.7 Å². The fraction of sp³-hybridized carbons (Fsp3) is 0.600. The van der Waals surface area contributed by atoms with E-state index in [-0.39, 0.29) is 5.91 Å². The van der Waals surface area contributed by atoms with E-state index in [4.69, 9.17) is 0 Å². The molecular formula is C20H30N4O. The molecule has 2 unspecified atom stereocenters. The fourth-order valence-corrected chi connectivity index (χ4v) is 4.24. The molecule has 0 aromatic heterocycles. The molecule has 1 saturated carbocycles. The van der Waals surface area contributed by atoms with Gasteiger partial charge in [-0.1, -0.05) is 25.0 Å². The SMILES string of the molecule is CN=C(NCCc1cccc(C(=O)NC)c1)N1CC2CCCCC2C1. The monoisotopic (exact) mass is 342 g/mol. The van der Waals surface area contributed by atoms with E-state index in [2.05, 4.69) is 26.6 Å². The molecule has 136 valence electrons. The zero-order valence-electron chi connectivity index (χ0n) is 15.4. The molecule has 1 saturated heterocycles. The van der Waals surface area contributed by atoms with Crippen molar-refractivity contribution in [1.29, 1.82) is 0 Å². The minimum Gasteiger partial charge on any atom is -0.356 e. The van der Waals surface area contributed by atoms with Gasteiger partial charge in [-0.25, -0.2) is 0 Å². The van der Waals surface area contributed by atoms with Crippen LogP contribution in [0.15, 0.2) is 29.3 Å². The number of rotatable bonds is 4. The molecule has 0 bridgehead atoms. The lowest BCUT2D eigenvalue weighted by atomic mass is 9.82. The van der Waals surface area contributed by atoms with Gasteiger partial charge in [0.15, 0.2) is 5.96 Å². The van der Waals surface area contributed by atoms with Gasteiger partial charge in [0.25, 0.3) is 5.91 Å². The molecule has 0 radical (unpaired) electrons. The molecule has 1 amide bonds. The molecule has 25 heavy (non-hydrogen) atoms. The van der Waals surface area contributed by atoms with Crippen LogP contribution in [0.1, 0.15) is 41.6 Å². The summed E-state index contributed by atoms with van der Waals surface area (Å²) in [7, 11) is 3.53. The Morgan fingerprint density at radius 1 is 1.24 bits per heavy atom. The van der Waals surface area contributed by atoms with E-state index >= 15 is 0 Å². The van der Waals surface area contributed by atoms with Crippen molar-refractivity contribution in [3.05, 3.63) is 35.4 Å². The van der Waals surface area contributed by atoms with E-state index in [1.807, 2.05) is 25.2 Å². The summed E-state index contributed by atoms with van der Waals surface area (Å²) in [6, 6.07) is 7.83. The summed E-state index contributed by atoms with van der Waals surface area (Å²) in [5.41, 5.74) is 1.88. The van der Waals surface area contributed by atoms with E-state index in [1.54, 1.807) is 7.05 Å². The Hall–Kier alpha value is -2.04. The molecule has 2 atom stereocenters. The summed E-state index contributed by atoms with van der Waals surface area (Å²) in [6.07, 6.45) is 6.42. The van der Waals surface area contributed by atoms with Crippen molar-refractivity contribution in [3.63, 3.8) is 0 Å². The maximum Gasteiger partial charge on any atom is 0.251 e. The summed E-state index contributed by atoms with van der Waals surface area (Å²) in [5, 5.41) is 6.18. The van der Waals surface area contributed by atoms with E-state index in [0.29, 0.717) is 5.56 Å². The second kappa shape index (κ2) is 8.37. The molecule has 1 heterocycles. The number of fused-ring (bicyclic) bond motifs is 1. The van der Waals surface area contributed by atoms with Crippen molar-refractivity contribution < 1.29 is 4.79 Å². The molecule has 0 spiro atoms. The second-order valence-corrected chi connectivity index (χ2v) is 7.21. The smallest absolute Gasteiger partial charge is 0.251 e. The van der Waals surface area contributed by atoms with Crippen molar-refractivity contribution in [2.45, 2.75) is 32.1 Å². The first-order chi connectivity index (χ1) is 12.2. The van der Waals surface area contributed by atoms with Gasteiger partial charge in [-0.05, 0) is 48.8 Å². The molecule has 2 N–H and O–H groups in total. The maximum absolute atomic E-state index is 11.7. The summed E-state index contributed by atoms with van der Waals surface area (Å²) >= 11 is 0. The molecule has 1 aromatic rings. The molecule has 1 aliphatic heterocycles. The molecule has 1 aromatic carbocycles. The Morgan fingerprint density at radius 3 is 2.60 bits per heavy atom. The van der Waals surface area contributed by atoms with Crippen LogP contribution in [-0.4, -0.2) is 50.5 Å². The highest BCUT2D eigenvalue weighted by molar-refractivity contribution is 5.94. The second-order valence-electron chi connectivity index (χ2n) is 7.21. The highest BCUT2D eigenvalue weighted by Crippen LogP contribution is 2.35. The molecule has 1 aliphatic carbocycles. The number of guanidine groups is 1. The number of amides is 1. The van der Waals surface area contributed by atoms with Crippen molar-refractivity contribution >= 4 is 11.9 Å². The van der Waals surface area contributed by atoms with Gasteiger partial charge in [-0.15, -0.1) is 0 Å². The number of hydrogen-bond donors (Lipinski definition) is 2. The highest BCUT2D eigenvalue weighted by atomic mass is 16.1. The van der Waals surface area contributed by atoms with E-state index in [9.17, 15) is 4.79 Å². The van der Waals surface area contributed by atoms with Crippen LogP contribution < -0.4 is 10.6 Å². The van der Waals surface area contributed by atoms with Gasteiger partial charge in [0.2, 0.25) is 0 Å². The van der Waals surface area contributed by atoms with E-state index in [0.717, 1.165) is 43.9 Å². The summed E-state index contributed by atoms with van der Waals surface area (Å²) in [5.74, 6) is 2.70. The highest BCUT2D eigenvalue weighted by Gasteiger charge is 2.35. The minimum atomic E-state index is -0.0368. The predicted molar refractivity (Wildman–Crippen MR) is 102 cm³/mol. The average Bonchev–Trinajstić information content (AvgIpc) is 3.08. The molecule has 5 heteroatoms. The van der Waals surface area contributed by atoms with Crippen LogP contribution in [0.25, 0.3) is 0 Å². The third kappa shape index (κ3) is 4.33. The van der Waals surface area contributed by atoms with Crippen molar-refractivity contribution in [1.82, 2.24) is 15.5 Å². The van der Waals surface area contributed by atoms with Gasteiger partial charge in [-0.2, -0.15) is 0 Å². The lowest BCUT2D eigenvalue weighted by Gasteiger charge is -2.22. The van der Waals surface area contributed by atoms with Gasteiger partial charge < -0.3 is 15.5 Å². The molecular weight excluding hydrogens is 312 g/mol. The Kier molecular flexibility index (Phi) is 5.95. The zero-order chi connectivity index (χ0) is 17.6. The van der Waals surface area contributed by atoms with Crippen molar-refractivity contribution in [2.24, 2.45) is 16.8 Å². The van der Waals surface area contributed by atoms with Crippen molar-refractivity contribution in [3.8, 4) is 0 Å². The van der Waals surface area contributed by atoms with Crippen LogP contribution in [0.2, 0.25) is 0 Å². The Morgan fingerprint density at radius 2 is 1.96 bits per heavy atom. The number of carbonyl (C=O) groups is 1. The fourth-order valence-electron chi connectivity index (χ4n) is 4.24. The first-order valence-corrected chi connectivity index (χ1v) is 9.48. The van der Waals surface area contributed by atoms with Crippen LogP contribution >= 0.6 is 0 Å². The normalized spacial score (nSPS) is 23.3. The third-order valence-corrected chi connectivity index (χ3v) is 5.60. The number of likely N-dealkylation sites (tertiary alicyclic amines) is 1. The summed E-state index contributed by atoms with van der Waals surface area (Å²) in [4.78, 5) is 18.7. The van der Waals surface area contributed by atoms with Crippen LogP contribution in [-0.2, 0) is 6.42 Å². The molecule has 5 nitrogen and oxygen atoms in total. The van der Waals surface area contributed by atoms with Gasteiger partial charge in [0.05, 0.1) is 0 Å². The lowest BCUT2D eigenvalue weighted by Crippen LogP contribution is -2.41. The number of nitrogens with one attached hydrogen (secondary N) is 2. The van der Waals surface area contributed by atoms with Crippen LogP contribution in [0, 0.1) is 11.8 Å². The predicted octanol–water partition coefficient (Wildman–Crippen LogP) is 2.29. The van der Waals surface area contributed by atoms with Crippen LogP contribution in [0.3, 0.4) is 0 Å².